The maximum absolute atomic E-state index is 12.0. The highest BCUT2D eigenvalue weighted by molar-refractivity contribution is 6.34. The lowest BCUT2D eigenvalue weighted by Crippen LogP contribution is -2.28. The molecule has 1 atom stereocenters. The third kappa shape index (κ3) is 4.36. The van der Waals surface area contributed by atoms with Gasteiger partial charge in [0.15, 0.2) is 11.5 Å². The van der Waals surface area contributed by atoms with Crippen LogP contribution >= 0.6 is 24.0 Å². The van der Waals surface area contributed by atoms with E-state index < -0.39 is 5.97 Å². The van der Waals surface area contributed by atoms with Crippen LogP contribution < -0.4 is 14.8 Å². The molecule has 1 aliphatic heterocycles. The molecule has 0 radical (unpaired) electrons. The van der Waals surface area contributed by atoms with Crippen molar-refractivity contribution in [2.75, 3.05) is 27.4 Å². The van der Waals surface area contributed by atoms with Crippen LogP contribution in [0.1, 0.15) is 23.2 Å². The highest BCUT2D eigenvalue weighted by Gasteiger charge is 2.18. The summed E-state index contributed by atoms with van der Waals surface area (Å²) in [5.74, 6) is 0.935. The molecule has 8 heteroatoms. The Kier molecular flexibility index (Phi) is 7.13. The molecule has 1 fully saturated rings. The number of ether oxygens (including phenoxy) is 3. The lowest BCUT2D eigenvalue weighted by Gasteiger charge is -2.16. The molecule has 2 heterocycles. The molecular formula is C22H24Cl2N2O4. The van der Waals surface area contributed by atoms with E-state index in [2.05, 4.69) is 10.3 Å². The Morgan fingerprint density at radius 1 is 1.20 bits per heavy atom. The number of hydrogen-bond donors (Lipinski definition) is 2. The molecule has 30 heavy (non-hydrogen) atoms. The van der Waals surface area contributed by atoms with E-state index in [-0.39, 0.29) is 12.4 Å². The van der Waals surface area contributed by atoms with E-state index in [9.17, 15) is 4.79 Å². The smallest absolute Gasteiger partial charge is 0.340 e. The zero-order valence-corrected chi connectivity index (χ0v) is 18.4. The summed E-state index contributed by atoms with van der Waals surface area (Å²) in [6.45, 7) is 1.64. The molecule has 6 nitrogen and oxygen atoms in total. The zero-order chi connectivity index (χ0) is 20.4. The molecule has 1 aromatic heterocycles. The number of nitrogens with one attached hydrogen (secondary N) is 2. The number of carbonyl (C=O) groups is 1. The van der Waals surface area contributed by atoms with Crippen molar-refractivity contribution in [2.24, 2.45) is 0 Å². The molecule has 2 aromatic carbocycles. The summed E-state index contributed by atoms with van der Waals surface area (Å²) in [5, 5.41) is 4.74. The predicted octanol–water partition coefficient (Wildman–Crippen LogP) is 4.84. The van der Waals surface area contributed by atoms with Crippen LogP contribution in [0, 0.1) is 0 Å². The summed E-state index contributed by atoms with van der Waals surface area (Å²) in [7, 11) is 2.98. The molecule has 2 N–H and O–H groups in total. The van der Waals surface area contributed by atoms with Crippen LogP contribution in [0.25, 0.3) is 22.0 Å². The van der Waals surface area contributed by atoms with Crippen molar-refractivity contribution < 1.29 is 19.0 Å². The first kappa shape index (κ1) is 22.3. The number of aromatic nitrogens is 1. The van der Waals surface area contributed by atoms with Gasteiger partial charge in [-0.25, -0.2) is 4.79 Å². The van der Waals surface area contributed by atoms with E-state index in [1.54, 1.807) is 19.4 Å². The fourth-order valence-corrected chi connectivity index (χ4v) is 3.96. The van der Waals surface area contributed by atoms with E-state index in [0.29, 0.717) is 34.7 Å². The standard InChI is InChI=1S/C22H23ClN2O4.ClH/c1-27-21-8-13(5-6-20(21)29-12-14-4-3-7-24-14)15-9-16-17(22(26)28-2)11-25-19(16)10-18(15)23;/h5-6,8-11,14,24-25H,3-4,7,12H2,1-2H3;1H. The van der Waals surface area contributed by atoms with Crippen LogP contribution in [0.3, 0.4) is 0 Å². The normalized spacial score (nSPS) is 15.6. The first-order valence-electron chi connectivity index (χ1n) is 9.54. The van der Waals surface area contributed by atoms with Crippen molar-refractivity contribution in [3.8, 4) is 22.6 Å². The average Bonchev–Trinajstić information content (AvgIpc) is 3.40. The lowest BCUT2D eigenvalue weighted by molar-refractivity contribution is 0.0603. The van der Waals surface area contributed by atoms with Crippen LogP contribution in [0.2, 0.25) is 5.02 Å². The molecule has 0 aliphatic carbocycles. The molecule has 1 aliphatic rings. The SMILES string of the molecule is COC(=O)c1c[nH]c2cc(Cl)c(-c3ccc(OCC4CCCN4)c(OC)c3)cc12.Cl. The molecule has 160 valence electrons. The molecule has 0 bridgehead atoms. The largest absolute Gasteiger partial charge is 0.493 e. The van der Waals surface area contributed by atoms with Crippen molar-refractivity contribution in [3.05, 3.63) is 47.1 Å². The number of fused-ring (bicyclic) bond motifs is 1. The fraction of sp³-hybridized carbons (Fsp3) is 0.318. The van der Waals surface area contributed by atoms with E-state index in [4.69, 9.17) is 25.8 Å². The van der Waals surface area contributed by atoms with Gasteiger partial charge in [-0.05, 0) is 49.2 Å². The predicted molar refractivity (Wildman–Crippen MR) is 120 cm³/mol. The minimum Gasteiger partial charge on any atom is -0.493 e. The van der Waals surface area contributed by atoms with Crippen molar-refractivity contribution >= 4 is 40.9 Å². The summed E-state index contributed by atoms with van der Waals surface area (Å²) < 4.78 is 16.4. The summed E-state index contributed by atoms with van der Waals surface area (Å²) in [6.07, 6.45) is 3.93. The Morgan fingerprint density at radius 2 is 2.03 bits per heavy atom. The number of rotatable bonds is 6. The number of methoxy groups -OCH3 is 2. The topological polar surface area (TPSA) is 72.6 Å². The first-order valence-corrected chi connectivity index (χ1v) is 9.92. The minimum atomic E-state index is -0.397. The van der Waals surface area contributed by atoms with Crippen LogP contribution in [-0.4, -0.2) is 44.4 Å². The summed E-state index contributed by atoms with van der Waals surface area (Å²) >= 11 is 6.53. The molecule has 0 saturated carbocycles. The third-order valence-electron chi connectivity index (χ3n) is 5.25. The van der Waals surface area contributed by atoms with Crippen molar-refractivity contribution in [1.82, 2.24) is 10.3 Å². The van der Waals surface area contributed by atoms with Crippen LogP contribution in [-0.2, 0) is 4.74 Å². The van der Waals surface area contributed by atoms with Gasteiger partial charge in [0.1, 0.15) is 6.61 Å². The van der Waals surface area contributed by atoms with Crippen molar-refractivity contribution in [3.63, 3.8) is 0 Å². The molecule has 1 unspecified atom stereocenters. The molecule has 1 saturated heterocycles. The highest BCUT2D eigenvalue weighted by Crippen LogP contribution is 2.38. The van der Waals surface area contributed by atoms with Gasteiger partial charge in [0.25, 0.3) is 0 Å². The Morgan fingerprint density at radius 3 is 2.73 bits per heavy atom. The maximum atomic E-state index is 12.0. The van der Waals surface area contributed by atoms with Gasteiger partial charge in [-0.1, -0.05) is 17.7 Å². The number of halogens is 2. The lowest BCUT2D eigenvalue weighted by atomic mass is 10.0. The zero-order valence-electron chi connectivity index (χ0n) is 16.8. The summed E-state index contributed by atoms with van der Waals surface area (Å²) in [5.41, 5.74) is 2.91. The van der Waals surface area contributed by atoms with Crippen LogP contribution in [0.4, 0.5) is 0 Å². The number of hydrogen-bond acceptors (Lipinski definition) is 5. The minimum absolute atomic E-state index is 0. The van der Waals surface area contributed by atoms with E-state index in [1.165, 1.54) is 13.5 Å². The quantitative estimate of drug-likeness (QED) is 0.525. The van der Waals surface area contributed by atoms with Crippen molar-refractivity contribution in [2.45, 2.75) is 18.9 Å². The average molecular weight is 451 g/mol. The van der Waals surface area contributed by atoms with Crippen LogP contribution in [0.5, 0.6) is 11.5 Å². The second-order valence-electron chi connectivity index (χ2n) is 7.04. The third-order valence-corrected chi connectivity index (χ3v) is 5.56. The second kappa shape index (κ2) is 9.60. The first-order chi connectivity index (χ1) is 14.1. The van der Waals surface area contributed by atoms with Gasteiger partial charge in [0.2, 0.25) is 0 Å². The number of benzene rings is 2. The van der Waals surface area contributed by atoms with Gasteiger partial charge >= 0.3 is 5.97 Å². The Hall–Kier alpha value is -2.41. The number of H-pyrrole nitrogens is 1. The van der Waals surface area contributed by atoms with Gasteiger partial charge in [-0.2, -0.15) is 0 Å². The van der Waals surface area contributed by atoms with E-state index >= 15 is 0 Å². The maximum Gasteiger partial charge on any atom is 0.340 e. The number of carbonyl (C=O) groups excluding carboxylic acids is 1. The van der Waals surface area contributed by atoms with Gasteiger partial charge in [-0.3, -0.25) is 0 Å². The highest BCUT2D eigenvalue weighted by atomic mass is 35.5. The fourth-order valence-electron chi connectivity index (χ4n) is 3.69. The van der Waals surface area contributed by atoms with Crippen LogP contribution in [0.15, 0.2) is 36.5 Å². The van der Waals surface area contributed by atoms with Gasteiger partial charge < -0.3 is 24.5 Å². The molecular weight excluding hydrogens is 427 g/mol. The van der Waals surface area contributed by atoms with E-state index in [0.717, 1.165) is 35.0 Å². The Balaban J connectivity index is 0.00000256. The summed E-state index contributed by atoms with van der Waals surface area (Å²) in [4.78, 5) is 15.1. The van der Waals surface area contributed by atoms with Crippen molar-refractivity contribution in [1.29, 1.82) is 0 Å². The molecule has 0 spiro atoms. The Labute approximate surface area is 186 Å². The molecule has 3 aromatic rings. The Bertz CT molecular complexity index is 1050. The molecule has 4 rings (SSSR count). The van der Waals surface area contributed by atoms with E-state index in [1.807, 2.05) is 24.3 Å². The monoisotopic (exact) mass is 450 g/mol. The summed E-state index contributed by atoms with van der Waals surface area (Å²) in [6, 6.07) is 9.80. The van der Waals surface area contributed by atoms with Gasteiger partial charge in [-0.15, -0.1) is 12.4 Å². The second-order valence-corrected chi connectivity index (χ2v) is 7.45. The molecule has 0 amide bonds. The number of esters is 1. The van der Waals surface area contributed by atoms with Gasteiger partial charge in [0.05, 0.1) is 24.8 Å². The number of aromatic amines is 1. The van der Waals surface area contributed by atoms with Gasteiger partial charge in [0, 0.05) is 28.7 Å².